The molecule has 4 aromatic carbocycles. The summed E-state index contributed by atoms with van der Waals surface area (Å²) in [5.74, 6) is 0. The number of ether oxygens (including phenoxy) is 8. The molecule has 2 saturated heterocycles. The van der Waals surface area contributed by atoms with Crippen molar-refractivity contribution < 1.29 is 172 Å². The predicted octanol–water partition coefficient (Wildman–Crippen LogP) is 1.66. The Bertz CT molecular complexity index is 2440. The van der Waals surface area contributed by atoms with Gasteiger partial charge in [0.15, 0.2) is 0 Å². The van der Waals surface area contributed by atoms with Crippen LogP contribution in [0.4, 0.5) is 0 Å². The summed E-state index contributed by atoms with van der Waals surface area (Å²) >= 11 is 6.69. The fraction of sp³-hybridized carbons (Fsp3) is 0.462. The Balaban J connectivity index is 0.00000115. The topological polar surface area (TPSA) is 216 Å². The second-order valence-corrected chi connectivity index (χ2v) is 20.9. The van der Waals surface area contributed by atoms with E-state index in [4.69, 9.17) is 58.0 Å². The number of nitrogens with zero attached hydrogens (tertiary/aromatic N) is 4. The molecule has 0 saturated carbocycles. The van der Waals surface area contributed by atoms with Crippen molar-refractivity contribution in [2.75, 3.05) is 113 Å². The molecule has 466 valence electrons. The predicted molar refractivity (Wildman–Crippen MR) is 331 cm³/mol. The second kappa shape index (κ2) is 47.2. The Kier molecular flexibility index (Phi) is 43.2. The fourth-order valence-electron chi connectivity index (χ4n) is 10.3. The number of aliphatic hydroxyl groups is 3. The first-order chi connectivity index (χ1) is 41.6. The molecule has 18 nitrogen and oxygen atoms in total. The minimum absolute atomic E-state index is 0. The third kappa shape index (κ3) is 27.1. The molecule has 0 bridgehead atoms. The normalized spacial score (nSPS) is 16.6. The fourth-order valence-corrected chi connectivity index (χ4v) is 11.0. The van der Waals surface area contributed by atoms with Crippen molar-refractivity contribution >= 4 is 38.3 Å². The van der Waals surface area contributed by atoms with E-state index in [9.17, 15) is 10.2 Å². The molecule has 3 N–H and O–H groups in total. The summed E-state index contributed by atoms with van der Waals surface area (Å²) in [5, 5.41) is 43.9. The molecule has 2 aliphatic rings. The van der Waals surface area contributed by atoms with Crippen molar-refractivity contribution in [2.45, 2.75) is 79.0 Å². The van der Waals surface area contributed by atoms with Crippen LogP contribution in [-0.4, -0.2) is 179 Å². The van der Waals surface area contributed by atoms with Crippen molar-refractivity contribution in [1.82, 2.24) is 19.8 Å². The number of carbonyl (C=O) groups is 1. The van der Waals surface area contributed by atoms with E-state index < -0.39 is 11.2 Å². The van der Waals surface area contributed by atoms with Crippen molar-refractivity contribution in [3.8, 4) is 0 Å². The van der Waals surface area contributed by atoms with Crippen LogP contribution in [0.25, 0.3) is 0 Å². The Morgan fingerprint density at radius 1 is 0.506 bits per heavy atom. The number of benzene rings is 4. The number of rotatable bonds is 33. The van der Waals surface area contributed by atoms with Crippen LogP contribution < -0.4 is 108 Å². The molecular weight excluding hydrogens is 1300 g/mol. The number of aliphatic hydroxyl groups excluding tert-OH is 1. The van der Waals surface area contributed by atoms with E-state index in [1.54, 1.807) is 21.1 Å². The van der Waals surface area contributed by atoms with Crippen LogP contribution in [0.1, 0.15) is 66.2 Å². The average Bonchev–Trinajstić information content (AvgIpc) is 1.60. The quantitative estimate of drug-likeness (QED) is 0.0133. The number of pyridine rings is 2. The van der Waals surface area contributed by atoms with E-state index in [1.807, 2.05) is 140 Å². The van der Waals surface area contributed by atoms with Crippen LogP contribution in [0.3, 0.4) is 0 Å². The molecule has 0 radical (unpaired) electrons. The average molecular weight is 1390 g/mol. The summed E-state index contributed by atoms with van der Waals surface area (Å²) in [6, 6.07) is 51.3. The molecule has 2 fully saturated rings. The molecule has 4 atom stereocenters. The number of alkyl halides is 2. The van der Waals surface area contributed by atoms with Gasteiger partial charge in [-0.25, -0.2) is 0 Å². The molecule has 0 spiro atoms. The van der Waals surface area contributed by atoms with Gasteiger partial charge < -0.3 is 64.8 Å². The minimum atomic E-state index is -1.34. The van der Waals surface area contributed by atoms with Crippen LogP contribution in [0, 0.1) is 0 Å². The van der Waals surface area contributed by atoms with Gasteiger partial charge in [-0.2, -0.15) is 0 Å². The van der Waals surface area contributed by atoms with Crippen LogP contribution in [-0.2, 0) is 82.5 Å². The third-order valence-electron chi connectivity index (χ3n) is 14.1. The number of methoxy groups -OCH3 is 2. The van der Waals surface area contributed by atoms with Gasteiger partial charge in [-0.1, -0.05) is 165 Å². The first-order valence-electron chi connectivity index (χ1n) is 28.6. The number of hydrogen-bond acceptors (Lipinski definition) is 18. The molecule has 2 aliphatic heterocycles. The summed E-state index contributed by atoms with van der Waals surface area (Å²) in [6.07, 6.45) is 0.891. The number of aromatic nitrogens is 2. The van der Waals surface area contributed by atoms with Crippen molar-refractivity contribution in [2.24, 2.45) is 0 Å². The van der Waals surface area contributed by atoms with Crippen LogP contribution in [0.15, 0.2) is 158 Å². The summed E-state index contributed by atoms with van der Waals surface area (Å²) < 4.78 is 45.8. The van der Waals surface area contributed by atoms with Crippen molar-refractivity contribution in [3.05, 3.63) is 203 Å². The van der Waals surface area contributed by atoms with Gasteiger partial charge in [0.2, 0.25) is 0 Å². The van der Waals surface area contributed by atoms with Crippen LogP contribution >= 0.6 is 31.9 Å². The largest absolute Gasteiger partial charge is 1.00 e. The van der Waals surface area contributed by atoms with Crippen molar-refractivity contribution in [3.63, 3.8) is 0 Å². The van der Waals surface area contributed by atoms with E-state index in [1.165, 1.54) is 0 Å². The summed E-state index contributed by atoms with van der Waals surface area (Å²) in [5.41, 5.74) is 4.51. The van der Waals surface area contributed by atoms with Gasteiger partial charge >= 0.3 is 103 Å². The Morgan fingerprint density at radius 2 is 0.782 bits per heavy atom. The van der Waals surface area contributed by atoms with Crippen LogP contribution in [0.2, 0.25) is 0 Å². The van der Waals surface area contributed by atoms with Gasteiger partial charge in [-0.15, -0.1) is 0 Å². The zero-order chi connectivity index (χ0) is 60.8. The standard InChI is InChI=1S/C55H71N3O10.C7H7Br2N.C2H6O.CH2O3.2K.H/c1-61-26-28-63-30-32-65-34-36-67-50-38-52(54(59,44-16-7-3-8-17-44)45-18-9-4-10-19-45)57(42-50)40-48-24-15-25-49(56-48)41-58-43-51(68-37-35-66-33-31-64-29-27-62-2)39-53(58)55(60,46-20-11-5-12-21-46)47-22-13-6-14-23-47;8-4-6-2-1-3-7(5-9)10-6;1-2-3;2-1-4-3;;;/h3-25,50-53,59-60H,26-43H2,1-2H3;1-3H,4-5H2;3H,2H2,1H3;1,3H;;;/q;;;;2*+1;-1/p-1/t50-,51-,52+,53+;;;;;;/m1....../s1. The van der Waals surface area contributed by atoms with Gasteiger partial charge in [-0.3, -0.25) is 24.6 Å². The van der Waals surface area contributed by atoms with Gasteiger partial charge in [0, 0.05) is 69.7 Å². The maximum atomic E-state index is 13.1. The van der Waals surface area contributed by atoms with Gasteiger partial charge in [0.05, 0.1) is 114 Å². The van der Waals surface area contributed by atoms with Gasteiger partial charge in [0.1, 0.15) is 11.2 Å². The SMILES string of the molecule is BrCc1cccc(CBr)n1.CCO.COCCOCCOCCO[C@@H]1C[C@@H](C(O)(c2ccccc2)c2ccccc2)N(Cc2cccc(CN3C[C@H](OCCOCCOCCOC)C[C@H]3C(O)(c3ccccc3)c3ccccc3)n2)C1.O=CO[O-].[H-].[K+].[K+]. The Labute approximate surface area is 617 Å². The molecule has 87 heavy (non-hydrogen) atoms. The molecule has 6 aromatic rings. The Hall–Kier alpha value is -1.68. The van der Waals surface area contributed by atoms with Gasteiger partial charge in [0.25, 0.3) is 6.47 Å². The Morgan fingerprint density at radius 3 is 1.07 bits per heavy atom. The first-order valence-corrected chi connectivity index (χ1v) is 30.9. The zero-order valence-electron chi connectivity index (χ0n) is 52.1. The monoisotopic (exact) mass is 1380 g/mol. The number of halogens is 2. The minimum Gasteiger partial charge on any atom is -1.00 e. The molecule has 8 rings (SSSR count). The molecular formula is C65H86Br2K2N4O14. The maximum Gasteiger partial charge on any atom is 1.00 e. The number of hydrogen-bond donors (Lipinski definition) is 3. The summed E-state index contributed by atoms with van der Waals surface area (Å²) in [4.78, 5) is 25.5. The molecule has 0 unspecified atom stereocenters. The zero-order valence-corrected chi connectivity index (χ0v) is 60.5. The molecule has 2 aromatic heterocycles. The maximum absolute atomic E-state index is 13.1. The second-order valence-electron chi connectivity index (χ2n) is 19.8. The molecule has 4 heterocycles. The molecule has 0 aliphatic carbocycles. The van der Waals surface area contributed by atoms with E-state index in [-0.39, 0.29) is 142 Å². The van der Waals surface area contributed by atoms with E-state index >= 15 is 0 Å². The van der Waals surface area contributed by atoms with E-state index in [0.717, 1.165) is 55.7 Å². The number of likely N-dealkylation sites (tertiary alicyclic amines) is 2. The number of carbonyl (C=O) groups excluding carboxylic acids is 1. The smallest absolute Gasteiger partial charge is 1.00 e. The summed E-state index contributed by atoms with van der Waals surface area (Å²) in [6.45, 7) is 9.72. The third-order valence-corrected chi connectivity index (χ3v) is 15.2. The summed E-state index contributed by atoms with van der Waals surface area (Å²) in [7, 11) is 3.31. The van der Waals surface area contributed by atoms with E-state index in [2.05, 4.69) is 69.7 Å². The van der Waals surface area contributed by atoms with Crippen molar-refractivity contribution in [1.29, 1.82) is 0 Å². The first kappa shape index (κ1) is 79.6. The molecule has 0 amide bonds. The van der Waals surface area contributed by atoms with Gasteiger partial charge in [-0.05, 0) is 66.3 Å². The molecule has 22 heteroatoms. The van der Waals surface area contributed by atoms with Crippen LogP contribution in [0.5, 0.6) is 0 Å². The van der Waals surface area contributed by atoms with E-state index in [0.29, 0.717) is 118 Å².